The van der Waals surface area contributed by atoms with Crippen molar-refractivity contribution in [3.63, 3.8) is 0 Å². The van der Waals surface area contributed by atoms with Crippen molar-refractivity contribution in [3.8, 4) is 5.75 Å². The molecule has 0 saturated heterocycles. The van der Waals surface area contributed by atoms with Crippen LogP contribution in [-0.4, -0.2) is 18.0 Å². The number of aromatic nitrogens is 1. The number of hydrogen-bond donors (Lipinski definition) is 2. The molecule has 0 aliphatic heterocycles. The number of ether oxygens (including phenoxy) is 1. The third-order valence-electron chi connectivity index (χ3n) is 5.42. The number of nitrogens with one attached hydrogen (secondary N) is 2. The van der Waals surface area contributed by atoms with Crippen molar-refractivity contribution in [1.82, 2.24) is 10.3 Å². The van der Waals surface area contributed by atoms with E-state index in [2.05, 4.69) is 34.6 Å². The smallest absolute Gasteiger partial charge is 0.223 e. The van der Waals surface area contributed by atoms with Gasteiger partial charge in [0.15, 0.2) is 0 Å². The first kappa shape index (κ1) is 16.7. The maximum Gasteiger partial charge on any atom is 0.223 e. The molecule has 1 aromatic heterocycles. The number of hydrogen-bond acceptors (Lipinski definition) is 2. The lowest BCUT2D eigenvalue weighted by molar-refractivity contribution is -0.126. The van der Waals surface area contributed by atoms with Gasteiger partial charge in [-0.3, -0.25) is 4.79 Å². The lowest BCUT2D eigenvalue weighted by Crippen LogP contribution is -2.35. The van der Waals surface area contributed by atoms with Gasteiger partial charge in [0.2, 0.25) is 5.91 Å². The molecule has 1 aliphatic rings. The van der Waals surface area contributed by atoms with Crippen LogP contribution < -0.4 is 10.1 Å². The molecule has 0 bridgehead atoms. The Hall–Kier alpha value is -2.75. The lowest BCUT2D eigenvalue weighted by Gasteiger charge is -2.24. The molecule has 4 heteroatoms. The number of amides is 1. The van der Waals surface area contributed by atoms with Crippen molar-refractivity contribution < 1.29 is 9.53 Å². The predicted octanol–water partition coefficient (Wildman–Crippen LogP) is 4.16. The van der Waals surface area contributed by atoms with E-state index in [-0.39, 0.29) is 17.9 Å². The van der Waals surface area contributed by atoms with Gasteiger partial charge in [-0.2, -0.15) is 0 Å². The van der Waals surface area contributed by atoms with Crippen LogP contribution in [0.4, 0.5) is 0 Å². The maximum atomic E-state index is 12.8. The minimum Gasteiger partial charge on any atom is -0.497 e. The summed E-state index contributed by atoms with van der Waals surface area (Å²) in [5.74, 6) is 1.01. The van der Waals surface area contributed by atoms with Gasteiger partial charge < -0.3 is 15.0 Å². The fourth-order valence-electron chi connectivity index (χ4n) is 3.90. The monoisotopic (exact) mass is 348 g/mol. The van der Waals surface area contributed by atoms with E-state index >= 15 is 0 Å². The highest BCUT2D eigenvalue weighted by molar-refractivity contribution is 5.88. The molecule has 0 fully saturated rings. The molecule has 0 spiro atoms. The molecular formula is C22H24N2O2. The van der Waals surface area contributed by atoms with Gasteiger partial charge in [0.25, 0.3) is 0 Å². The summed E-state index contributed by atoms with van der Waals surface area (Å²) in [5.41, 5.74) is 4.77. The quantitative estimate of drug-likeness (QED) is 0.744. The highest BCUT2D eigenvalue weighted by Gasteiger charge is 2.28. The number of rotatable bonds is 4. The van der Waals surface area contributed by atoms with E-state index < -0.39 is 0 Å². The van der Waals surface area contributed by atoms with E-state index in [0.29, 0.717) is 0 Å². The van der Waals surface area contributed by atoms with Crippen LogP contribution in [0.25, 0.3) is 10.9 Å². The second-order valence-corrected chi connectivity index (χ2v) is 7.07. The van der Waals surface area contributed by atoms with E-state index in [1.165, 1.54) is 16.6 Å². The van der Waals surface area contributed by atoms with Gasteiger partial charge in [-0.25, -0.2) is 0 Å². The van der Waals surface area contributed by atoms with Crippen molar-refractivity contribution in [2.24, 2.45) is 5.92 Å². The number of carbonyl (C=O) groups excluding carboxylic acids is 1. The molecule has 0 radical (unpaired) electrons. The molecule has 2 atom stereocenters. The van der Waals surface area contributed by atoms with Crippen LogP contribution in [0.5, 0.6) is 5.75 Å². The molecule has 2 aromatic carbocycles. The minimum absolute atomic E-state index is 0.0128. The minimum atomic E-state index is 0.0128. The molecule has 1 amide bonds. The molecule has 1 heterocycles. The van der Waals surface area contributed by atoms with Gasteiger partial charge in [-0.05, 0) is 55.5 Å². The average molecular weight is 348 g/mol. The second kappa shape index (κ2) is 6.87. The molecule has 1 aliphatic carbocycles. The van der Waals surface area contributed by atoms with Crippen LogP contribution in [0.1, 0.15) is 36.2 Å². The maximum absolute atomic E-state index is 12.8. The predicted molar refractivity (Wildman–Crippen MR) is 103 cm³/mol. The van der Waals surface area contributed by atoms with Crippen LogP contribution in [0, 0.1) is 5.92 Å². The van der Waals surface area contributed by atoms with Crippen molar-refractivity contribution in [2.75, 3.05) is 7.11 Å². The highest BCUT2D eigenvalue weighted by atomic mass is 16.5. The summed E-state index contributed by atoms with van der Waals surface area (Å²) in [6.45, 7) is 2.04. The number of carbonyl (C=O) groups is 1. The second-order valence-electron chi connectivity index (χ2n) is 7.07. The van der Waals surface area contributed by atoms with Gasteiger partial charge in [-0.15, -0.1) is 0 Å². The molecule has 134 valence electrons. The van der Waals surface area contributed by atoms with Gasteiger partial charge in [0, 0.05) is 22.5 Å². The topological polar surface area (TPSA) is 54.1 Å². The van der Waals surface area contributed by atoms with Crippen molar-refractivity contribution in [1.29, 1.82) is 0 Å². The Morgan fingerprint density at radius 1 is 1.23 bits per heavy atom. The van der Waals surface area contributed by atoms with Crippen LogP contribution in [0.3, 0.4) is 0 Å². The van der Waals surface area contributed by atoms with Crippen molar-refractivity contribution in [3.05, 3.63) is 65.4 Å². The van der Waals surface area contributed by atoms with E-state index in [4.69, 9.17) is 4.74 Å². The Bertz CT molecular complexity index is 930. The average Bonchev–Trinajstić information content (AvgIpc) is 3.05. The first-order chi connectivity index (χ1) is 12.7. The van der Waals surface area contributed by atoms with E-state index in [0.717, 1.165) is 36.1 Å². The number of aryl methyl sites for hydroxylation is 1. The summed E-state index contributed by atoms with van der Waals surface area (Å²) in [5, 5.41) is 4.36. The van der Waals surface area contributed by atoms with Crippen LogP contribution in [0.15, 0.2) is 48.5 Å². The summed E-state index contributed by atoms with van der Waals surface area (Å²) < 4.78 is 5.37. The summed E-state index contributed by atoms with van der Waals surface area (Å²) in [7, 11) is 1.68. The highest BCUT2D eigenvalue weighted by Crippen LogP contribution is 2.34. The molecule has 4 rings (SSSR count). The number of methoxy groups -OCH3 is 1. The van der Waals surface area contributed by atoms with Crippen molar-refractivity contribution >= 4 is 16.8 Å². The van der Waals surface area contributed by atoms with Gasteiger partial charge >= 0.3 is 0 Å². The van der Waals surface area contributed by atoms with E-state index in [1.807, 2.05) is 31.2 Å². The Morgan fingerprint density at radius 2 is 2.04 bits per heavy atom. The van der Waals surface area contributed by atoms with E-state index in [9.17, 15) is 4.79 Å². The molecule has 2 unspecified atom stereocenters. The third-order valence-corrected chi connectivity index (χ3v) is 5.42. The zero-order valence-electron chi connectivity index (χ0n) is 15.2. The Labute approximate surface area is 153 Å². The molecule has 3 aromatic rings. The Morgan fingerprint density at radius 3 is 2.81 bits per heavy atom. The SMILES string of the molecule is COc1ccc2[nH]c3c(c2c1)CC(C(=O)NC(C)c1ccccc1)CC3. The zero-order chi connectivity index (χ0) is 18.1. The first-order valence-electron chi connectivity index (χ1n) is 9.18. The fourth-order valence-corrected chi connectivity index (χ4v) is 3.90. The summed E-state index contributed by atoms with van der Waals surface area (Å²) in [6, 6.07) is 16.2. The van der Waals surface area contributed by atoms with Crippen LogP contribution in [-0.2, 0) is 17.6 Å². The molecule has 4 nitrogen and oxygen atoms in total. The number of fused-ring (bicyclic) bond motifs is 3. The van der Waals surface area contributed by atoms with Crippen LogP contribution in [0.2, 0.25) is 0 Å². The lowest BCUT2D eigenvalue weighted by atomic mass is 9.85. The summed E-state index contributed by atoms with van der Waals surface area (Å²) in [6.07, 6.45) is 2.56. The van der Waals surface area contributed by atoms with Gasteiger partial charge in [-0.1, -0.05) is 30.3 Å². The van der Waals surface area contributed by atoms with E-state index in [1.54, 1.807) is 7.11 Å². The summed E-state index contributed by atoms with van der Waals surface area (Å²) >= 11 is 0. The van der Waals surface area contributed by atoms with Gasteiger partial charge in [0.05, 0.1) is 13.2 Å². The third kappa shape index (κ3) is 3.07. The Kier molecular flexibility index (Phi) is 4.41. The number of benzene rings is 2. The zero-order valence-corrected chi connectivity index (χ0v) is 15.2. The normalized spacial score (nSPS) is 17.5. The van der Waals surface area contributed by atoms with Crippen molar-refractivity contribution in [2.45, 2.75) is 32.2 Å². The Balaban J connectivity index is 1.53. The number of aromatic amines is 1. The standard InChI is InChI=1S/C22H24N2O2/c1-14(15-6-4-3-5-7-15)23-22(25)16-8-10-20-18(12-16)19-13-17(26-2)9-11-21(19)24-20/h3-7,9,11,13-14,16,24H,8,10,12H2,1-2H3,(H,23,25). The van der Waals surface area contributed by atoms with Gasteiger partial charge in [0.1, 0.15) is 5.75 Å². The molecular weight excluding hydrogens is 324 g/mol. The largest absolute Gasteiger partial charge is 0.497 e. The summed E-state index contributed by atoms with van der Waals surface area (Å²) in [4.78, 5) is 16.3. The first-order valence-corrected chi connectivity index (χ1v) is 9.18. The van der Waals surface area contributed by atoms with Crippen LogP contribution >= 0.6 is 0 Å². The molecule has 26 heavy (non-hydrogen) atoms. The molecule has 0 saturated carbocycles. The fraction of sp³-hybridized carbons (Fsp3) is 0.318. The number of H-pyrrole nitrogens is 1. The molecule has 2 N–H and O–H groups in total.